The van der Waals surface area contributed by atoms with Gasteiger partial charge in [0.05, 0.1) is 11.4 Å². The number of thiophene rings is 1. The van der Waals surface area contributed by atoms with Crippen molar-refractivity contribution < 1.29 is 25.6 Å². The van der Waals surface area contributed by atoms with Crippen LogP contribution in [0, 0.1) is 0 Å². The first-order valence-electron chi connectivity index (χ1n) is 8.69. The molecule has 1 aromatic carbocycles. The Labute approximate surface area is 170 Å². The van der Waals surface area contributed by atoms with Gasteiger partial charge in [0.2, 0.25) is 15.9 Å². The average Bonchev–Trinajstić information content (AvgIpc) is 3.16. The summed E-state index contributed by atoms with van der Waals surface area (Å²) in [6, 6.07) is 10.4. The van der Waals surface area contributed by atoms with Gasteiger partial charge in [0.15, 0.2) is 0 Å². The van der Waals surface area contributed by atoms with Gasteiger partial charge in [-0.05, 0) is 48.6 Å². The molecular formula is C18H23ClN3O3S2-. The number of carbonyl (C=O) groups excluding carboxylic acids is 1. The van der Waals surface area contributed by atoms with Crippen molar-refractivity contribution in [3.8, 4) is 0 Å². The molecule has 1 saturated heterocycles. The van der Waals surface area contributed by atoms with Crippen LogP contribution in [0.3, 0.4) is 0 Å². The van der Waals surface area contributed by atoms with Gasteiger partial charge in [-0.15, -0.1) is 11.3 Å². The second-order valence-electron chi connectivity index (χ2n) is 6.22. The van der Waals surface area contributed by atoms with E-state index in [-0.39, 0.29) is 29.8 Å². The summed E-state index contributed by atoms with van der Waals surface area (Å²) in [5.41, 5.74) is 0.588. The summed E-state index contributed by atoms with van der Waals surface area (Å²) in [6.45, 7) is 2.01. The van der Waals surface area contributed by atoms with Crippen LogP contribution >= 0.6 is 11.3 Å². The molecular weight excluding hydrogens is 406 g/mol. The number of hydrogen-bond donors (Lipinski definition) is 2. The van der Waals surface area contributed by atoms with Gasteiger partial charge < -0.3 is 23.0 Å². The molecule has 0 aliphatic carbocycles. The number of benzene rings is 1. The molecule has 1 amide bonds. The number of sulfonamides is 1. The van der Waals surface area contributed by atoms with Crippen LogP contribution in [0.15, 0.2) is 46.7 Å². The van der Waals surface area contributed by atoms with Gasteiger partial charge in [-0.3, -0.25) is 4.79 Å². The monoisotopic (exact) mass is 428 g/mol. The van der Waals surface area contributed by atoms with Gasteiger partial charge in [-0.1, -0.05) is 12.5 Å². The highest BCUT2D eigenvalue weighted by molar-refractivity contribution is 7.89. The van der Waals surface area contributed by atoms with E-state index in [2.05, 4.69) is 10.6 Å². The fraction of sp³-hybridized carbons (Fsp3) is 0.389. The Hall–Kier alpha value is -1.45. The zero-order valence-electron chi connectivity index (χ0n) is 14.9. The maximum atomic E-state index is 12.6. The molecule has 3 rings (SSSR count). The van der Waals surface area contributed by atoms with Crippen molar-refractivity contribution in [2.24, 2.45) is 0 Å². The summed E-state index contributed by atoms with van der Waals surface area (Å²) < 4.78 is 26.7. The third-order valence-electron chi connectivity index (χ3n) is 4.26. The van der Waals surface area contributed by atoms with Crippen molar-refractivity contribution in [2.75, 3.05) is 25.0 Å². The quantitative estimate of drug-likeness (QED) is 0.632. The van der Waals surface area contributed by atoms with Crippen molar-refractivity contribution in [3.05, 3.63) is 46.7 Å². The molecule has 0 spiro atoms. The minimum atomic E-state index is -3.44. The highest BCUT2D eigenvalue weighted by atomic mass is 35.5. The second-order valence-corrected chi connectivity index (χ2v) is 9.19. The topological polar surface area (TPSA) is 78.5 Å². The molecule has 0 unspecified atom stereocenters. The summed E-state index contributed by atoms with van der Waals surface area (Å²) in [5.74, 6) is -0.159. The van der Waals surface area contributed by atoms with E-state index >= 15 is 0 Å². The van der Waals surface area contributed by atoms with Crippen molar-refractivity contribution in [2.45, 2.75) is 30.7 Å². The van der Waals surface area contributed by atoms with Crippen molar-refractivity contribution >= 4 is 33.0 Å². The number of rotatable bonds is 7. The second kappa shape index (κ2) is 10.2. The maximum absolute atomic E-state index is 12.6. The van der Waals surface area contributed by atoms with E-state index in [4.69, 9.17) is 0 Å². The molecule has 0 atom stereocenters. The molecule has 0 radical (unpaired) electrons. The number of hydrogen-bond acceptors (Lipinski definition) is 5. The normalized spacial score (nSPS) is 15.1. The standard InChI is InChI=1S/C18H23N3O3S2.ClH/c22-18(14-19-13-16-5-4-12-25-16)20-15-6-8-17(9-7-15)26(23,24)21-10-2-1-3-11-21;/h4-9,12,19H,1-3,10-11,13-14H2,(H,20,22);1H/p-1. The van der Waals surface area contributed by atoms with Crippen LogP contribution in [0.25, 0.3) is 0 Å². The molecule has 1 aliphatic heterocycles. The largest absolute Gasteiger partial charge is 1.00 e. The first kappa shape index (κ1) is 21.8. The minimum absolute atomic E-state index is 0. The van der Waals surface area contributed by atoms with Gasteiger partial charge in [-0.25, -0.2) is 8.42 Å². The average molecular weight is 429 g/mol. The van der Waals surface area contributed by atoms with Gasteiger partial charge in [-0.2, -0.15) is 4.31 Å². The van der Waals surface area contributed by atoms with E-state index in [1.54, 1.807) is 39.9 Å². The number of anilines is 1. The van der Waals surface area contributed by atoms with E-state index in [1.807, 2.05) is 17.5 Å². The number of halogens is 1. The number of amides is 1. The molecule has 2 heterocycles. The molecule has 1 aliphatic rings. The Morgan fingerprint density at radius 1 is 1.07 bits per heavy atom. The van der Waals surface area contributed by atoms with Gasteiger partial charge in [0.1, 0.15) is 0 Å². The van der Waals surface area contributed by atoms with Crippen LogP contribution in [0.4, 0.5) is 5.69 Å². The molecule has 1 aromatic heterocycles. The Morgan fingerprint density at radius 2 is 1.78 bits per heavy atom. The SMILES string of the molecule is O=C(CNCc1cccs1)Nc1ccc(S(=O)(=O)N2CCCCC2)cc1.[Cl-]. The Bertz CT molecular complexity index is 818. The van der Waals surface area contributed by atoms with E-state index in [9.17, 15) is 13.2 Å². The number of nitrogens with zero attached hydrogens (tertiary/aromatic N) is 1. The van der Waals surface area contributed by atoms with Crippen molar-refractivity contribution in [3.63, 3.8) is 0 Å². The molecule has 0 saturated carbocycles. The molecule has 6 nitrogen and oxygen atoms in total. The van der Waals surface area contributed by atoms with E-state index in [0.29, 0.717) is 25.3 Å². The van der Waals surface area contributed by atoms with Crippen LogP contribution in [-0.4, -0.2) is 38.3 Å². The van der Waals surface area contributed by atoms with E-state index < -0.39 is 10.0 Å². The van der Waals surface area contributed by atoms with E-state index in [0.717, 1.165) is 19.3 Å². The molecule has 9 heteroatoms. The lowest BCUT2D eigenvalue weighted by Gasteiger charge is -2.25. The molecule has 2 N–H and O–H groups in total. The van der Waals surface area contributed by atoms with Gasteiger partial charge in [0, 0.05) is 30.2 Å². The summed E-state index contributed by atoms with van der Waals surface area (Å²) in [7, 11) is -3.44. The lowest BCUT2D eigenvalue weighted by molar-refractivity contribution is -0.115. The molecule has 148 valence electrons. The van der Waals surface area contributed by atoms with E-state index in [1.165, 1.54) is 4.88 Å². The molecule has 1 fully saturated rings. The van der Waals surface area contributed by atoms with Crippen molar-refractivity contribution in [1.82, 2.24) is 9.62 Å². The smallest absolute Gasteiger partial charge is 0.243 e. The lowest BCUT2D eigenvalue weighted by atomic mass is 10.2. The van der Waals surface area contributed by atoms with Crippen LogP contribution in [0.1, 0.15) is 24.1 Å². The predicted molar refractivity (Wildman–Crippen MR) is 104 cm³/mol. The summed E-state index contributed by atoms with van der Waals surface area (Å²) in [4.78, 5) is 13.4. The van der Waals surface area contributed by atoms with Crippen LogP contribution in [-0.2, 0) is 21.4 Å². The maximum Gasteiger partial charge on any atom is 0.243 e. The molecule has 27 heavy (non-hydrogen) atoms. The van der Waals surface area contributed by atoms with Gasteiger partial charge >= 0.3 is 0 Å². The summed E-state index contributed by atoms with van der Waals surface area (Å²) >= 11 is 1.64. The summed E-state index contributed by atoms with van der Waals surface area (Å²) in [5, 5.41) is 7.85. The lowest BCUT2D eigenvalue weighted by Crippen LogP contribution is -3.00. The highest BCUT2D eigenvalue weighted by Crippen LogP contribution is 2.21. The van der Waals surface area contributed by atoms with Crippen LogP contribution < -0.4 is 23.0 Å². The predicted octanol–water partition coefficient (Wildman–Crippen LogP) is -0.345. The molecule has 0 bridgehead atoms. The number of nitrogens with one attached hydrogen (secondary N) is 2. The Kier molecular flexibility index (Phi) is 8.25. The third-order valence-corrected chi connectivity index (χ3v) is 7.05. The minimum Gasteiger partial charge on any atom is -1.00 e. The first-order valence-corrected chi connectivity index (χ1v) is 11.0. The van der Waals surface area contributed by atoms with Gasteiger partial charge in [0.25, 0.3) is 0 Å². The van der Waals surface area contributed by atoms with Crippen molar-refractivity contribution in [1.29, 1.82) is 0 Å². The fourth-order valence-corrected chi connectivity index (χ4v) is 5.07. The number of piperidine rings is 1. The number of carbonyl (C=O) groups is 1. The summed E-state index contributed by atoms with van der Waals surface area (Å²) in [6.07, 6.45) is 2.90. The zero-order chi connectivity index (χ0) is 18.4. The third kappa shape index (κ3) is 6.02. The first-order chi connectivity index (χ1) is 12.6. The zero-order valence-corrected chi connectivity index (χ0v) is 17.2. The van der Waals surface area contributed by atoms with Crippen LogP contribution in [0.5, 0.6) is 0 Å². The van der Waals surface area contributed by atoms with Crippen LogP contribution in [0.2, 0.25) is 0 Å². The highest BCUT2D eigenvalue weighted by Gasteiger charge is 2.25. The molecule has 2 aromatic rings. The fourth-order valence-electron chi connectivity index (χ4n) is 2.88. The Morgan fingerprint density at radius 3 is 2.41 bits per heavy atom. The Balaban J connectivity index is 0.00000261.